The smallest absolute Gasteiger partial charge is 0.410 e. The topological polar surface area (TPSA) is 76.1 Å². The van der Waals surface area contributed by atoms with Gasteiger partial charge in [0.25, 0.3) is 0 Å². The fourth-order valence-corrected chi connectivity index (χ4v) is 5.06. The van der Waals surface area contributed by atoms with E-state index in [0.29, 0.717) is 12.8 Å². The first-order chi connectivity index (χ1) is 14.5. The van der Waals surface area contributed by atoms with Crippen molar-refractivity contribution in [1.29, 1.82) is 0 Å². The van der Waals surface area contributed by atoms with Crippen molar-refractivity contribution in [2.24, 2.45) is 0 Å². The molecular weight excluding hydrogens is 382 g/mol. The number of carboxylic acids is 1. The molecule has 2 aliphatic carbocycles. The third-order valence-electron chi connectivity index (χ3n) is 6.67. The molecule has 2 aromatic carbocycles. The van der Waals surface area contributed by atoms with Crippen LogP contribution in [0, 0.1) is 0 Å². The lowest BCUT2D eigenvalue weighted by atomic mass is 9.78. The summed E-state index contributed by atoms with van der Waals surface area (Å²) in [6.45, 7) is 0.157. The highest BCUT2D eigenvalue weighted by molar-refractivity contribution is 5.85. The molecule has 6 nitrogen and oxygen atoms in total. The maximum atomic E-state index is 13.0. The van der Waals surface area contributed by atoms with Crippen LogP contribution in [-0.4, -0.2) is 54.5 Å². The number of rotatable bonds is 5. The zero-order valence-electron chi connectivity index (χ0n) is 17.3. The van der Waals surface area contributed by atoms with Gasteiger partial charge in [-0.05, 0) is 35.1 Å². The molecule has 2 unspecified atom stereocenters. The Morgan fingerprint density at radius 3 is 2.23 bits per heavy atom. The van der Waals surface area contributed by atoms with Crippen LogP contribution in [0.1, 0.15) is 42.7 Å². The maximum absolute atomic E-state index is 13.0. The number of aliphatic carboxylic acids is 1. The third-order valence-corrected chi connectivity index (χ3v) is 6.67. The fourth-order valence-electron chi connectivity index (χ4n) is 5.06. The Morgan fingerprint density at radius 1 is 1.07 bits per heavy atom. The molecule has 0 saturated heterocycles. The summed E-state index contributed by atoms with van der Waals surface area (Å²) in [5.74, 6) is -1.12. The van der Waals surface area contributed by atoms with Crippen molar-refractivity contribution in [2.45, 2.75) is 43.2 Å². The fraction of sp³-hybridized carbons (Fsp3) is 0.417. The van der Waals surface area contributed by atoms with E-state index in [-0.39, 0.29) is 12.5 Å². The maximum Gasteiger partial charge on any atom is 0.410 e. The van der Waals surface area contributed by atoms with E-state index in [4.69, 9.17) is 9.47 Å². The average molecular weight is 409 g/mol. The van der Waals surface area contributed by atoms with Gasteiger partial charge in [-0.15, -0.1) is 0 Å². The van der Waals surface area contributed by atoms with Crippen LogP contribution in [0.3, 0.4) is 0 Å². The lowest BCUT2D eigenvalue weighted by Gasteiger charge is -2.45. The summed E-state index contributed by atoms with van der Waals surface area (Å²) in [6, 6.07) is 16.2. The van der Waals surface area contributed by atoms with Gasteiger partial charge in [0, 0.05) is 20.1 Å². The molecule has 1 N–H and O–H groups in total. The first-order valence-corrected chi connectivity index (χ1v) is 10.4. The number of hydrogen-bond acceptors (Lipinski definition) is 4. The van der Waals surface area contributed by atoms with E-state index in [1.165, 1.54) is 19.1 Å². The van der Waals surface area contributed by atoms with Crippen LogP contribution in [0.5, 0.6) is 0 Å². The number of methoxy groups -OCH3 is 1. The number of amides is 1. The van der Waals surface area contributed by atoms with Gasteiger partial charge in [-0.3, -0.25) is 4.90 Å². The van der Waals surface area contributed by atoms with Gasteiger partial charge in [-0.2, -0.15) is 0 Å². The van der Waals surface area contributed by atoms with E-state index in [2.05, 4.69) is 24.3 Å². The van der Waals surface area contributed by atoms with Gasteiger partial charge in [0.1, 0.15) is 6.61 Å². The first kappa shape index (κ1) is 20.4. The average Bonchev–Trinajstić information content (AvgIpc) is 3.10. The van der Waals surface area contributed by atoms with Crippen LogP contribution >= 0.6 is 0 Å². The quantitative estimate of drug-likeness (QED) is 0.798. The second-order valence-corrected chi connectivity index (χ2v) is 8.06. The first-order valence-electron chi connectivity index (χ1n) is 10.4. The van der Waals surface area contributed by atoms with E-state index < -0.39 is 23.7 Å². The predicted octanol–water partition coefficient (Wildman–Crippen LogP) is 4.28. The van der Waals surface area contributed by atoms with Crippen molar-refractivity contribution in [2.75, 3.05) is 20.8 Å². The molecule has 6 heteroatoms. The SMILES string of the molecule is COC1CCCCC1(C(=O)O)N(C)C(=O)OCC1c2ccccc2-c2ccccc21. The Labute approximate surface area is 176 Å². The number of carbonyl (C=O) groups excluding carboxylic acids is 1. The van der Waals surface area contributed by atoms with Gasteiger partial charge in [-0.1, -0.05) is 61.4 Å². The Hall–Kier alpha value is -2.86. The molecule has 0 spiro atoms. The minimum absolute atomic E-state index is 0.0693. The van der Waals surface area contributed by atoms with E-state index in [0.717, 1.165) is 35.1 Å². The Kier molecular flexibility index (Phi) is 5.52. The monoisotopic (exact) mass is 409 g/mol. The zero-order valence-corrected chi connectivity index (χ0v) is 17.3. The molecule has 2 aromatic rings. The Morgan fingerprint density at radius 2 is 1.67 bits per heavy atom. The summed E-state index contributed by atoms with van der Waals surface area (Å²) >= 11 is 0. The van der Waals surface area contributed by atoms with Gasteiger partial charge in [0.2, 0.25) is 0 Å². The molecule has 2 aliphatic rings. The number of benzene rings is 2. The molecule has 0 radical (unpaired) electrons. The van der Waals surface area contributed by atoms with Gasteiger partial charge in [-0.25, -0.2) is 9.59 Å². The second kappa shape index (κ2) is 8.11. The Balaban J connectivity index is 1.55. The number of hydrogen-bond donors (Lipinski definition) is 1. The van der Waals surface area contributed by atoms with Crippen LogP contribution in [0.15, 0.2) is 48.5 Å². The van der Waals surface area contributed by atoms with Gasteiger partial charge >= 0.3 is 12.1 Å². The molecule has 1 amide bonds. The highest BCUT2D eigenvalue weighted by atomic mass is 16.6. The number of nitrogens with zero attached hydrogens (tertiary/aromatic N) is 1. The molecule has 158 valence electrons. The lowest BCUT2D eigenvalue weighted by molar-refractivity contribution is -0.163. The van der Waals surface area contributed by atoms with Crippen molar-refractivity contribution < 1.29 is 24.2 Å². The molecule has 2 atom stereocenters. The molecule has 30 heavy (non-hydrogen) atoms. The lowest BCUT2D eigenvalue weighted by Crippen LogP contribution is -2.64. The normalized spacial score (nSPS) is 22.8. The van der Waals surface area contributed by atoms with Crippen molar-refractivity contribution in [3.05, 3.63) is 59.7 Å². The Bertz CT molecular complexity index is 913. The second-order valence-electron chi connectivity index (χ2n) is 8.06. The predicted molar refractivity (Wildman–Crippen MR) is 112 cm³/mol. The van der Waals surface area contributed by atoms with E-state index in [1.54, 1.807) is 0 Å². The van der Waals surface area contributed by atoms with E-state index in [1.807, 2.05) is 24.3 Å². The van der Waals surface area contributed by atoms with E-state index >= 15 is 0 Å². The summed E-state index contributed by atoms with van der Waals surface area (Å²) < 4.78 is 11.2. The molecule has 1 fully saturated rings. The minimum Gasteiger partial charge on any atom is -0.479 e. The van der Waals surface area contributed by atoms with Crippen LogP contribution < -0.4 is 0 Å². The summed E-state index contributed by atoms with van der Waals surface area (Å²) in [5, 5.41) is 10.0. The van der Waals surface area contributed by atoms with Crippen molar-refractivity contribution >= 4 is 12.1 Å². The number of likely N-dealkylation sites (N-methyl/N-ethyl adjacent to an activating group) is 1. The number of fused-ring (bicyclic) bond motifs is 3. The minimum atomic E-state index is -1.41. The van der Waals surface area contributed by atoms with Crippen molar-refractivity contribution in [3.8, 4) is 11.1 Å². The largest absolute Gasteiger partial charge is 0.479 e. The number of carboxylic acid groups (broad SMARTS) is 1. The molecule has 0 aromatic heterocycles. The molecule has 1 saturated carbocycles. The molecule has 0 bridgehead atoms. The highest BCUT2D eigenvalue weighted by Crippen LogP contribution is 2.44. The zero-order chi connectivity index (χ0) is 21.3. The number of carbonyl (C=O) groups is 2. The van der Waals surface area contributed by atoms with Crippen molar-refractivity contribution in [3.63, 3.8) is 0 Å². The van der Waals surface area contributed by atoms with Crippen molar-refractivity contribution in [1.82, 2.24) is 4.90 Å². The summed E-state index contributed by atoms with van der Waals surface area (Å²) in [4.78, 5) is 26.5. The van der Waals surface area contributed by atoms with Gasteiger partial charge in [0.15, 0.2) is 5.54 Å². The highest BCUT2D eigenvalue weighted by Gasteiger charge is 2.53. The standard InChI is InChI=1S/C24H27NO5/c1-25(24(22(26)27)14-8-7-13-21(24)29-2)23(28)30-15-20-18-11-5-3-9-16(18)17-10-4-6-12-19(17)20/h3-6,9-12,20-21H,7-8,13-15H2,1-2H3,(H,26,27). The van der Waals surface area contributed by atoms with Gasteiger partial charge < -0.3 is 14.6 Å². The van der Waals surface area contributed by atoms with Crippen LogP contribution in [0.25, 0.3) is 11.1 Å². The summed E-state index contributed by atoms with van der Waals surface area (Å²) in [6.07, 6.45) is 1.36. The summed E-state index contributed by atoms with van der Waals surface area (Å²) in [7, 11) is 3.00. The van der Waals surface area contributed by atoms with Crippen LogP contribution in [-0.2, 0) is 14.3 Å². The third kappa shape index (κ3) is 3.16. The molecule has 0 heterocycles. The summed E-state index contributed by atoms with van der Waals surface area (Å²) in [5.41, 5.74) is 3.13. The number of ether oxygens (including phenoxy) is 2. The molecule has 4 rings (SSSR count). The van der Waals surface area contributed by atoms with Crippen LogP contribution in [0.2, 0.25) is 0 Å². The van der Waals surface area contributed by atoms with E-state index in [9.17, 15) is 14.7 Å². The van der Waals surface area contributed by atoms with Crippen LogP contribution in [0.4, 0.5) is 4.79 Å². The molecule has 0 aliphatic heterocycles. The van der Waals surface area contributed by atoms with Gasteiger partial charge in [0.05, 0.1) is 6.10 Å². The molecular formula is C24H27NO5.